The first-order valence-corrected chi connectivity index (χ1v) is 8.57. The number of nitrogens with one attached hydrogen (secondary N) is 1. The molecule has 25 heavy (non-hydrogen) atoms. The van der Waals surface area contributed by atoms with Crippen molar-refractivity contribution in [1.82, 2.24) is 19.9 Å². The van der Waals surface area contributed by atoms with Crippen LogP contribution in [0.3, 0.4) is 0 Å². The third kappa shape index (κ3) is 3.20. The summed E-state index contributed by atoms with van der Waals surface area (Å²) in [4.78, 5) is 14.2. The highest BCUT2D eigenvalue weighted by molar-refractivity contribution is 5.30. The van der Waals surface area contributed by atoms with Gasteiger partial charge in [-0.25, -0.2) is 9.37 Å². The number of benzene rings is 1. The number of aromatic amines is 1. The van der Waals surface area contributed by atoms with Crippen LogP contribution in [0.25, 0.3) is 0 Å². The van der Waals surface area contributed by atoms with Crippen LogP contribution in [0.1, 0.15) is 41.2 Å². The lowest BCUT2D eigenvalue weighted by molar-refractivity contribution is 0.143. The summed E-state index contributed by atoms with van der Waals surface area (Å²) in [5.74, 6) is 1.44. The summed E-state index contributed by atoms with van der Waals surface area (Å²) in [6.07, 6.45) is 8.32. The maximum Gasteiger partial charge on any atom is 0.123 e. The summed E-state index contributed by atoms with van der Waals surface area (Å²) in [7, 11) is 2.13. The first kappa shape index (κ1) is 16.0. The van der Waals surface area contributed by atoms with Crippen molar-refractivity contribution in [2.24, 2.45) is 0 Å². The van der Waals surface area contributed by atoms with Crippen LogP contribution in [-0.2, 0) is 0 Å². The molecule has 0 radical (unpaired) electrons. The summed E-state index contributed by atoms with van der Waals surface area (Å²) in [6.45, 7) is 0.893. The van der Waals surface area contributed by atoms with Crippen LogP contribution < -0.4 is 0 Å². The average molecular weight is 336 g/mol. The number of likely N-dealkylation sites (tertiary alicyclic amines) is 1. The van der Waals surface area contributed by atoms with Gasteiger partial charge < -0.3 is 4.98 Å². The van der Waals surface area contributed by atoms with Crippen molar-refractivity contribution in [3.63, 3.8) is 0 Å². The monoisotopic (exact) mass is 336 g/mol. The van der Waals surface area contributed by atoms with E-state index < -0.39 is 0 Å². The van der Waals surface area contributed by atoms with Crippen molar-refractivity contribution in [1.29, 1.82) is 0 Å². The second kappa shape index (κ2) is 6.76. The molecule has 0 spiro atoms. The van der Waals surface area contributed by atoms with Crippen LogP contribution in [0.2, 0.25) is 0 Å². The zero-order chi connectivity index (χ0) is 17.2. The van der Waals surface area contributed by atoms with Crippen LogP contribution >= 0.6 is 0 Å². The number of pyridine rings is 1. The Kier molecular flexibility index (Phi) is 4.32. The fourth-order valence-electron chi connectivity index (χ4n) is 3.96. The number of likely N-dealkylation sites (N-methyl/N-ethyl adjacent to an activating group) is 1. The molecule has 3 atom stereocenters. The predicted molar refractivity (Wildman–Crippen MR) is 94.7 cm³/mol. The molecular formula is C20H21FN4. The number of hydrogen-bond donors (Lipinski definition) is 1. The minimum atomic E-state index is -0.193. The van der Waals surface area contributed by atoms with E-state index in [-0.39, 0.29) is 11.9 Å². The number of hydrogen-bond acceptors (Lipinski definition) is 3. The van der Waals surface area contributed by atoms with Crippen molar-refractivity contribution in [2.45, 2.75) is 24.3 Å². The molecular weight excluding hydrogens is 315 g/mol. The largest absolute Gasteiger partial charge is 0.347 e. The number of imidazole rings is 1. The zero-order valence-electron chi connectivity index (χ0n) is 14.1. The normalized spacial score (nSPS) is 24.3. The molecule has 4 nitrogen and oxygen atoms in total. The molecule has 3 aromatic rings. The Hall–Kier alpha value is -2.53. The van der Waals surface area contributed by atoms with Gasteiger partial charge >= 0.3 is 0 Å². The third-order valence-corrected chi connectivity index (χ3v) is 5.25. The Morgan fingerprint density at radius 2 is 1.72 bits per heavy atom. The second-order valence-corrected chi connectivity index (χ2v) is 6.71. The van der Waals surface area contributed by atoms with Crippen LogP contribution in [0.15, 0.2) is 61.2 Å². The van der Waals surface area contributed by atoms with E-state index in [9.17, 15) is 4.39 Å². The summed E-state index contributed by atoms with van der Waals surface area (Å²) in [6, 6.07) is 11.3. The maximum absolute atomic E-state index is 13.4. The van der Waals surface area contributed by atoms with Gasteiger partial charge in [-0.2, -0.15) is 0 Å². The lowest BCUT2D eigenvalue weighted by Crippen LogP contribution is -2.38. The van der Waals surface area contributed by atoms with Crippen LogP contribution in [0.4, 0.5) is 4.39 Å². The number of rotatable bonds is 3. The quantitative estimate of drug-likeness (QED) is 0.789. The van der Waals surface area contributed by atoms with Gasteiger partial charge in [0.15, 0.2) is 0 Å². The molecule has 3 heterocycles. The van der Waals surface area contributed by atoms with Crippen molar-refractivity contribution in [2.75, 3.05) is 13.6 Å². The zero-order valence-corrected chi connectivity index (χ0v) is 14.1. The molecule has 1 aliphatic heterocycles. The number of piperidine rings is 1. The molecule has 1 fully saturated rings. The fourth-order valence-corrected chi connectivity index (χ4v) is 3.96. The van der Waals surface area contributed by atoms with Gasteiger partial charge in [-0.05, 0) is 54.8 Å². The van der Waals surface area contributed by atoms with Gasteiger partial charge in [0.25, 0.3) is 0 Å². The maximum atomic E-state index is 13.4. The topological polar surface area (TPSA) is 44.8 Å². The molecule has 128 valence electrons. The van der Waals surface area contributed by atoms with E-state index >= 15 is 0 Å². The lowest BCUT2D eigenvalue weighted by Gasteiger charge is -2.42. The fraction of sp³-hybridized carbons (Fsp3) is 0.300. The second-order valence-electron chi connectivity index (χ2n) is 6.71. The molecule has 5 heteroatoms. The highest BCUT2D eigenvalue weighted by Gasteiger charge is 2.37. The molecule has 0 amide bonds. The van der Waals surface area contributed by atoms with Gasteiger partial charge in [-0.3, -0.25) is 9.88 Å². The van der Waals surface area contributed by atoms with Crippen molar-refractivity contribution in [3.05, 3.63) is 84.0 Å². The van der Waals surface area contributed by atoms with E-state index in [1.165, 1.54) is 11.1 Å². The van der Waals surface area contributed by atoms with Crippen LogP contribution in [-0.4, -0.2) is 33.4 Å². The molecule has 4 rings (SSSR count). The van der Waals surface area contributed by atoms with Gasteiger partial charge in [-0.15, -0.1) is 0 Å². The van der Waals surface area contributed by atoms with E-state index in [4.69, 9.17) is 0 Å². The summed E-state index contributed by atoms with van der Waals surface area (Å²) in [5.41, 5.74) is 2.45. The minimum Gasteiger partial charge on any atom is -0.347 e. The van der Waals surface area contributed by atoms with Crippen molar-refractivity contribution < 1.29 is 4.39 Å². The van der Waals surface area contributed by atoms with E-state index in [0.717, 1.165) is 18.8 Å². The highest BCUT2D eigenvalue weighted by atomic mass is 19.1. The van der Waals surface area contributed by atoms with E-state index in [1.54, 1.807) is 18.3 Å². The Morgan fingerprint density at radius 1 is 1.00 bits per heavy atom. The smallest absolute Gasteiger partial charge is 0.123 e. The molecule has 1 saturated heterocycles. The molecule has 1 N–H and O–H groups in total. The van der Waals surface area contributed by atoms with Gasteiger partial charge in [0.2, 0.25) is 0 Å². The molecule has 0 aliphatic carbocycles. The summed E-state index contributed by atoms with van der Waals surface area (Å²) >= 11 is 0. The first-order valence-electron chi connectivity index (χ1n) is 8.57. The van der Waals surface area contributed by atoms with E-state index in [0.29, 0.717) is 11.8 Å². The minimum absolute atomic E-state index is 0.193. The lowest BCUT2D eigenvalue weighted by atomic mass is 9.74. The predicted octanol–water partition coefficient (Wildman–Crippen LogP) is 3.89. The van der Waals surface area contributed by atoms with Crippen molar-refractivity contribution >= 4 is 0 Å². The summed E-state index contributed by atoms with van der Waals surface area (Å²) < 4.78 is 13.4. The number of H-pyrrole nitrogens is 1. The Labute approximate surface area is 146 Å². The SMILES string of the molecule is CN1CC(c2ccc(F)cc2)C(c2ccncc2)CC1c1ncc[nH]1. The first-order chi connectivity index (χ1) is 12.2. The van der Waals surface area contributed by atoms with Gasteiger partial charge in [0, 0.05) is 37.3 Å². The molecule has 1 aromatic carbocycles. The summed E-state index contributed by atoms with van der Waals surface area (Å²) in [5, 5.41) is 0. The van der Waals surface area contributed by atoms with Gasteiger partial charge in [-0.1, -0.05) is 12.1 Å². The van der Waals surface area contributed by atoms with Gasteiger partial charge in [0.05, 0.1) is 6.04 Å². The molecule has 0 bridgehead atoms. The molecule has 2 aromatic heterocycles. The van der Waals surface area contributed by atoms with E-state index in [2.05, 4.69) is 39.0 Å². The number of nitrogens with zero attached hydrogens (tertiary/aromatic N) is 3. The highest BCUT2D eigenvalue weighted by Crippen LogP contribution is 2.45. The van der Waals surface area contributed by atoms with Crippen LogP contribution in [0.5, 0.6) is 0 Å². The Balaban J connectivity index is 1.71. The Bertz CT molecular complexity index is 801. The average Bonchev–Trinajstić information content (AvgIpc) is 3.17. The Morgan fingerprint density at radius 3 is 2.40 bits per heavy atom. The number of halogens is 1. The molecule has 3 unspecified atom stereocenters. The van der Waals surface area contributed by atoms with Crippen molar-refractivity contribution in [3.8, 4) is 0 Å². The molecule has 1 aliphatic rings. The van der Waals surface area contributed by atoms with E-state index in [1.807, 2.05) is 30.7 Å². The molecule has 0 saturated carbocycles. The van der Waals surface area contributed by atoms with Crippen LogP contribution in [0, 0.1) is 5.82 Å². The standard InChI is InChI=1S/C20H21FN4/c1-25-13-18(14-2-4-16(21)5-3-14)17(15-6-8-22-9-7-15)12-19(25)20-23-10-11-24-20/h2-11,17-19H,12-13H2,1H3,(H,23,24). The number of aromatic nitrogens is 3. The van der Waals surface area contributed by atoms with Gasteiger partial charge in [0.1, 0.15) is 11.6 Å². The third-order valence-electron chi connectivity index (χ3n) is 5.25.